The minimum atomic E-state index is -0.247. The van der Waals surface area contributed by atoms with Gasteiger partial charge in [0.15, 0.2) is 5.78 Å². The summed E-state index contributed by atoms with van der Waals surface area (Å²) in [6.45, 7) is 7.45. The molecule has 0 amide bonds. The van der Waals surface area contributed by atoms with Crippen LogP contribution < -0.4 is 5.56 Å². The number of carbonyl (C=O) groups excluding carboxylic acids is 1. The van der Waals surface area contributed by atoms with Crippen molar-refractivity contribution in [3.05, 3.63) is 117 Å². The maximum absolute atomic E-state index is 13.9. The fourth-order valence-electron chi connectivity index (χ4n) is 4.58. The molecule has 4 aromatic rings. The molecule has 33 heavy (non-hydrogen) atoms. The molecule has 0 saturated carbocycles. The van der Waals surface area contributed by atoms with Gasteiger partial charge < -0.3 is 4.57 Å². The summed E-state index contributed by atoms with van der Waals surface area (Å²) in [5.41, 5.74) is 6.48. The van der Waals surface area contributed by atoms with Crippen molar-refractivity contribution in [3.8, 4) is 11.1 Å². The molecule has 0 bridgehead atoms. The summed E-state index contributed by atoms with van der Waals surface area (Å²) in [5, 5.41) is 1.47. The van der Waals surface area contributed by atoms with Crippen molar-refractivity contribution in [1.82, 2.24) is 4.57 Å². The smallest absolute Gasteiger partial charge is 0.258 e. The van der Waals surface area contributed by atoms with Crippen LogP contribution >= 0.6 is 0 Å². The van der Waals surface area contributed by atoms with Crippen LogP contribution in [0.1, 0.15) is 27.8 Å². The number of hydrogen-bond acceptors (Lipinski definition) is 2. The van der Waals surface area contributed by atoms with E-state index in [1.54, 1.807) is 23.7 Å². The van der Waals surface area contributed by atoms with E-state index < -0.39 is 0 Å². The van der Waals surface area contributed by atoms with Crippen LogP contribution in [-0.2, 0) is 24.7 Å². The van der Waals surface area contributed by atoms with Crippen molar-refractivity contribution in [3.63, 3.8) is 0 Å². The fraction of sp³-hybridized carbons (Fsp3) is 0.172. The topological polar surface area (TPSA) is 39.1 Å². The Kier molecular flexibility index (Phi) is 6.10. The van der Waals surface area contributed by atoms with Crippen molar-refractivity contribution in [2.75, 3.05) is 0 Å². The average Bonchev–Trinajstić information content (AvgIpc) is 2.79. The number of allylic oxidation sites excluding steroid dienone is 1. The van der Waals surface area contributed by atoms with Crippen molar-refractivity contribution in [2.24, 2.45) is 7.05 Å². The first-order chi connectivity index (χ1) is 15.8. The van der Waals surface area contributed by atoms with E-state index in [-0.39, 0.29) is 23.6 Å². The normalized spacial score (nSPS) is 11.0. The number of hydrogen-bond donors (Lipinski definition) is 0. The van der Waals surface area contributed by atoms with Crippen LogP contribution in [-0.4, -0.2) is 10.4 Å². The Morgan fingerprint density at radius 2 is 1.64 bits per heavy atom. The number of rotatable bonds is 6. The molecule has 4 rings (SSSR count). The molecular weight excluding hydrogens is 413 g/mol. The number of carbonyl (C=O) groups is 1. The number of aryl methyl sites for hydroxylation is 3. The van der Waals surface area contributed by atoms with Gasteiger partial charge in [-0.25, -0.2) is 4.39 Å². The lowest BCUT2D eigenvalue weighted by molar-refractivity contribution is -0.114. The summed E-state index contributed by atoms with van der Waals surface area (Å²) >= 11 is 0. The van der Waals surface area contributed by atoms with Gasteiger partial charge in [-0.3, -0.25) is 9.59 Å². The molecular formula is C29H26FNO2. The molecule has 0 radical (unpaired) electrons. The van der Waals surface area contributed by atoms with Gasteiger partial charge in [0.25, 0.3) is 5.56 Å². The summed E-state index contributed by atoms with van der Waals surface area (Å²) in [6, 6.07) is 16.6. The maximum Gasteiger partial charge on any atom is 0.258 e. The number of fused-ring (bicyclic) bond motifs is 1. The van der Waals surface area contributed by atoms with Crippen LogP contribution in [0.2, 0.25) is 0 Å². The van der Waals surface area contributed by atoms with E-state index in [1.807, 2.05) is 62.5 Å². The lowest BCUT2D eigenvalue weighted by Crippen LogP contribution is -2.17. The second-order valence-corrected chi connectivity index (χ2v) is 8.50. The third kappa shape index (κ3) is 4.29. The molecule has 0 saturated heterocycles. The number of halogens is 1. The van der Waals surface area contributed by atoms with Crippen LogP contribution in [0.25, 0.3) is 21.9 Å². The SMILES string of the molecule is C=CC(=O)Cc1cccc(Cc2c(C)cc(F)cc2C)c1-c1cn(C)c(=O)c2ccccc12. The zero-order chi connectivity index (χ0) is 23.7. The van der Waals surface area contributed by atoms with E-state index in [0.29, 0.717) is 11.8 Å². The summed E-state index contributed by atoms with van der Waals surface area (Å²) in [4.78, 5) is 25.1. The number of nitrogens with zero attached hydrogens (tertiary/aromatic N) is 1. The van der Waals surface area contributed by atoms with Gasteiger partial charge in [0.1, 0.15) is 5.82 Å². The Hall–Kier alpha value is -3.79. The molecule has 0 spiro atoms. The number of benzene rings is 3. The van der Waals surface area contributed by atoms with E-state index in [0.717, 1.165) is 44.3 Å². The molecule has 0 N–H and O–H groups in total. The van der Waals surface area contributed by atoms with E-state index in [4.69, 9.17) is 0 Å². The van der Waals surface area contributed by atoms with E-state index in [9.17, 15) is 14.0 Å². The quantitative estimate of drug-likeness (QED) is 0.354. The second kappa shape index (κ2) is 8.99. The monoisotopic (exact) mass is 439 g/mol. The molecule has 1 aromatic heterocycles. The standard InChI is InChI=1S/C29H26FNO2/c1-5-23(32)15-20-9-8-10-21(16-26-18(2)13-22(30)14-19(26)3)28(20)27-17-31(4)29(33)25-12-7-6-11-24(25)27/h5-14,17H,1,15-16H2,2-4H3. The van der Waals surface area contributed by atoms with Crippen LogP contribution in [0.5, 0.6) is 0 Å². The Morgan fingerprint density at radius 1 is 1.00 bits per heavy atom. The molecule has 4 heteroatoms. The first kappa shape index (κ1) is 22.4. The summed E-state index contributed by atoms with van der Waals surface area (Å²) in [5.74, 6) is -0.319. The number of aromatic nitrogens is 1. The predicted octanol–water partition coefficient (Wildman–Crippen LogP) is 5.85. The van der Waals surface area contributed by atoms with Gasteiger partial charge in [-0.05, 0) is 83.3 Å². The number of pyridine rings is 1. The third-order valence-electron chi connectivity index (χ3n) is 6.22. The lowest BCUT2D eigenvalue weighted by atomic mass is 9.86. The van der Waals surface area contributed by atoms with Crippen LogP contribution in [0.3, 0.4) is 0 Å². The summed E-state index contributed by atoms with van der Waals surface area (Å²) < 4.78 is 15.5. The van der Waals surface area contributed by atoms with Gasteiger partial charge >= 0.3 is 0 Å². The Morgan fingerprint density at radius 3 is 2.30 bits per heavy atom. The predicted molar refractivity (Wildman–Crippen MR) is 132 cm³/mol. The van der Waals surface area contributed by atoms with Crippen molar-refractivity contribution >= 4 is 16.6 Å². The van der Waals surface area contributed by atoms with Crippen LogP contribution in [0.15, 0.2) is 78.2 Å². The van der Waals surface area contributed by atoms with Crippen LogP contribution in [0.4, 0.5) is 4.39 Å². The van der Waals surface area contributed by atoms with E-state index in [2.05, 4.69) is 6.58 Å². The molecule has 3 nitrogen and oxygen atoms in total. The lowest BCUT2D eigenvalue weighted by Gasteiger charge is -2.19. The average molecular weight is 440 g/mol. The maximum atomic E-state index is 13.9. The zero-order valence-electron chi connectivity index (χ0n) is 19.1. The minimum absolute atomic E-state index is 0.0687. The first-order valence-electron chi connectivity index (χ1n) is 10.9. The molecule has 0 aliphatic carbocycles. The first-order valence-corrected chi connectivity index (χ1v) is 10.9. The third-order valence-corrected chi connectivity index (χ3v) is 6.22. The molecule has 0 atom stereocenters. The highest BCUT2D eigenvalue weighted by Gasteiger charge is 2.18. The summed E-state index contributed by atoms with van der Waals surface area (Å²) in [7, 11) is 1.74. The van der Waals surface area contributed by atoms with Crippen LogP contribution in [0, 0.1) is 19.7 Å². The van der Waals surface area contributed by atoms with E-state index in [1.165, 1.54) is 6.08 Å². The zero-order valence-corrected chi connectivity index (χ0v) is 19.1. The molecule has 3 aromatic carbocycles. The Bertz CT molecular complexity index is 1440. The fourth-order valence-corrected chi connectivity index (χ4v) is 4.58. The van der Waals surface area contributed by atoms with Gasteiger partial charge in [0, 0.05) is 30.6 Å². The van der Waals surface area contributed by atoms with Gasteiger partial charge in [-0.1, -0.05) is 43.0 Å². The largest absolute Gasteiger partial charge is 0.317 e. The minimum Gasteiger partial charge on any atom is -0.317 e. The van der Waals surface area contributed by atoms with Crippen molar-refractivity contribution < 1.29 is 9.18 Å². The van der Waals surface area contributed by atoms with Gasteiger partial charge in [0.2, 0.25) is 0 Å². The van der Waals surface area contributed by atoms with E-state index >= 15 is 0 Å². The second-order valence-electron chi connectivity index (χ2n) is 8.50. The van der Waals surface area contributed by atoms with Crippen molar-refractivity contribution in [2.45, 2.75) is 26.7 Å². The molecule has 0 fully saturated rings. The Labute approximate surface area is 192 Å². The highest BCUT2D eigenvalue weighted by Crippen LogP contribution is 2.35. The molecule has 0 aliphatic heterocycles. The molecule has 0 aliphatic rings. The van der Waals surface area contributed by atoms with Gasteiger partial charge in [-0.2, -0.15) is 0 Å². The highest BCUT2D eigenvalue weighted by atomic mass is 19.1. The molecule has 0 unspecified atom stereocenters. The van der Waals surface area contributed by atoms with Gasteiger partial charge in [0.05, 0.1) is 0 Å². The Balaban J connectivity index is 2.02. The molecule has 1 heterocycles. The van der Waals surface area contributed by atoms with Crippen molar-refractivity contribution in [1.29, 1.82) is 0 Å². The van der Waals surface area contributed by atoms with Gasteiger partial charge in [-0.15, -0.1) is 0 Å². The summed E-state index contributed by atoms with van der Waals surface area (Å²) in [6.07, 6.45) is 3.98. The highest BCUT2D eigenvalue weighted by molar-refractivity contribution is 5.99. The molecule has 166 valence electrons. The number of ketones is 1.